The largest absolute Gasteiger partial charge is 0.363 e. The van der Waals surface area contributed by atoms with Crippen molar-refractivity contribution in [3.8, 4) is 0 Å². The quantitative estimate of drug-likeness (QED) is 0.339. The smallest absolute Gasteiger partial charge is 0.230 e. The zero-order chi connectivity index (χ0) is 20.9. The van der Waals surface area contributed by atoms with Gasteiger partial charge in [0.15, 0.2) is 0 Å². The van der Waals surface area contributed by atoms with E-state index in [1.165, 1.54) is 11.3 Å². The molecule has 0 unspecified atom stereocenters. The number of H-pyrrole nitrogens is 1. The van der Waals surface area contributed by atoms with Crippen molar-refractivity contribution in [3.05, 3.63) is 45.5 Å². The van der Waals surface area contributed by atoms with E-state index in [0.717, 1.165) is 63.0 Å². The second kappa shape index (κ2) is 9.31. The van der Waals surface area contributed by atoms with E-state index in [-0.39, 0.29) is 5.91 Å². The van der Waals surface area contributed by atoms with E-state index in [4.69, 9.17) is 0 Å². The number of unbranched alkanes of at least 4 members (excludes halogenated alkanes) is 1. The highest BCUT2D eigenvalue weighted by molar-refractivity contribution is 7.15. The predicted molar refractivity (Wildman–Crippen MR) is 121 cm³/mol. The number of aryl methyl sites for hydroxylation is 3. The van der Waals surface area contributed by atoms with Crippen molar-refractivity contribution in [2.45, 2.75) is 39.0 Å². The van der Waals surface area contributed by atoms with E-state index in [1.807, 2.05) is 38.2 Å². The molecule has 0 aliphatic carbocycles. The highest BCUT2D eigenvalue weighted by Gasteiger charge is 2.14. The van der Waals surface area contributed by atoms with E-state index in [9.17, 15) is 4.79 Å². The van der Waals surface area contributed by atoms with E-state index >= 15 is 0 Å². The van der Waals surface area contributed by atoms with Gasteiger partial charge in [-0.15, -0.1) is 20.4 Å². The molecule has 4 rings (SSSR count). The third-order valence-corrected chi connectivity index (χ3v) is 6.69. The monoisotopic (exact) mass is 441 g/mol. The summed E-state index contributed by atoms with van der Waals surface area (Å²) in [4.78, 5) is 15.9. The Morgan fingerprint density at radius 1 is 1.00 bits per heavy atom. The van der Waals surface area contributed by atoms with Gasteiger partial charge in [-0.05, 0) is 31.4 Å². The number of hydrogen-bond donors (Lipinski definition) is 3. The van der Waals surface area contributed by atoms with Crippen molar-refractivity contribution in [2.24, 2.45) is 0 Å². The van der Waals surface area contributed by atoms with Gasteiger partial charge in [0, 0.05) is 36.5 Å². The molecule has 10 heteroatoms. The standard InChI is InChI=1S/C20H23N7OS2/c1-12-14(13-7-3-4-8-15(13)22-12)11-16(28)23-20-27-25-18(30-20)10-6-5-9-17-24-26-19(21-2)29-17/h3-4,7-8,22H,5-6,9-11H2,1-2H3,(H,21,26)(H,23,27,28). The Bertz CT molecular complexity index is 1150. The SMILES string of the molecule is CNc1nnc(CCCCc2nnc(NC(=O)Cc3c(C)[nH]c4ccccc34)s2)s1. The van der Waals surface area contributed by atoms with E-state index < -0.39 is 0 Å². The van der Waals surface area contributed by atoms with Gasteiger partial charge in [0.1, 0.15) is 10.0 Å². The summed E-state index contributed by atoms with van der Waals surface area (Å²) in [6, 6.07) is 8.02. The first-order valence-corrected chi connectivity index (χ1v) is 11.4. The number of nitrogens with zero attached hydrogens (tertiary/aromatic N) is 4. The van der Waals surface area contributed by atoms with Crippen molar-refractivity contribution in [2.75, 3.05) is 17.7 Å². The Morgan fingerprint density at radius 3 is 2.37 bits per heavy atom. The molecule has 3 heterocycles. The van der Waals surface area contributed by atoms with E-state index in [0.29, 0.717) is 11.6 Å². The fourth-order valence-corrected chi connectivity index (χ4v) is 4.83. The molecule has 0 radical (unpaired) electrons. The summed E-state index contributed by atoms with van der Waals surface area (Å²) >= 11 is 3.02. The predicted octanol–water partition coefficient (Wildman–Crippen LogP) is 3.97. The molecule has 0 spiro atoms. The summed E-state index contributed by atoms with van der Waals surface area (Å²) < 4.78 is 0. The van der Waals surface area contributed by atoms with Crippen LogP contribution in [0, 0.1) is 6.92 Å². The van der Waals surface area contributed by atoms with Gasteiger partial charge in [0.25, 0.3) is 0 Å². The van der Waals surface area contributed by atoms with Gasteiger partial charge in [-0.3, -0.25) is 4.79 Å². The molecular weight excluding hydrogens is 418 g/mol. The Hall–Kier alpha value is -2.85. The second-order valence-corrected chi connectivity index (χ2v) is 9.08. The molecule has 3 N–H and O–H groups in total. The van der Waals surface area contributed by atoms with Crippen LogP contribution in [0.1, 0.15) is 34.1 Å². The second-order valence-electron chi connectivity index (χ2n) is 6.96. The molecule has 0 saturated heterocycles. The van der Waals surface area contributed by atoms with Crippen molar-refractivity contribution >= 4 is 49.7 Å². The number of hydrogen-bond acceptors (Lipinski definition) is 8. The number of para-hydroxylation sites is 1. The molecule has 0 atom stereocenters. The summed E-state index contributed by atoms with van der Waals surface area (Å²) in [6.07, 6.45) is 4.06. The number of amides is 1. The number of aromatic nitrogens is 5. The number of carbonyl (C=O) groups is 1. The van der Waals surface area contributed by atoms with E-state index in [2.05, 4.69) is 36.0 Å². The van der Waals surface area contributed by atoms with Gasteiger partial charge in [0.05, 0.1) is 6.42 Å². The Balaban J connectivity index is 1.26. The molecular formula is C20H23N7OS2. The van der Waals surface area contributed by atoms with Crippen LogP contribution in [-0.2, 0) is 24.1 Å². The summed E-state index contributed by atoms with van der Waals surface area (Å²) in [5, 5.41) is 26.9. The number of carbonyl (C=O) groups excluding carboxylic acids is 1. The fraction of sp³-hybridized carbons (Fsp3) is 0.350. The lowest BCUT2D eigenvalue weighted by Gasteiger charge is -2.02. The van der Waals surface area contributed by atoms with Crippen molar-refractivity contribution in [3.63, 3.8) is 0 Å². The Morgan fingerprint density at radius 2 is 1.67 bits per heavy atom. The number of nitrogens with one attached hydrogen (secondary N) is 3. The third kappa shape index (κ3) is 4.82. The van der Waals surface area contributed by atoms with Crippen LogP contribution in [0.2, 0.25) is 0 Å². The minimum absolute atomic E-state index is 0.0813. The number of aromatic amines is 1. The van der Waals surface area contributed by atoms with Crippen molar-refractivity contribution in [1.82, 2.24) is 25.4 Å². The van der Waals surface area contributed by atoms with E-state index in [1.54, 1.807) is 11.3 Å². The van der Waals surface area contributed by atoms with Gasteiger partial charge in [-0.25, -0.2) is 0 Å². The van der Waals surface area contributed by atoms with Crippen LogP contribution in [0.25, 0.3) is 10.9 Å². The summed E-state index contributed by atoms with van der Waals surface area (Å²) in [6.45, 7) is 1.99. The lowest BCUT2D eigenvalue weighted by Crippen LogP contribution is -2.14. The molecule has 3 aromatic heterocycles. The molecule has 156 valence electrons. The zero-order valence-electron chi connectivity index (χ0n) is 16.9. The normalized spacial score (nSPS) is 11.1. The topological polar surface area (TPSA) is 108 Å². The lowest BCUT2D eigenvalue weighted by molar-refractivity contribution is -0.115. The van der Waals surface area contributed by atoms with Gasteiger partial charge in [-0.1, -0.05) is 40.9 Å². The van der Waals surface area contributed by atoms with Gasteiger partial charge in [-0.2, -0.15) is 0 Å². The van der Waals surface area contributed by atoms with Gasteiger partial charge >= 0.3 is 0 Å². The first-order chi connectivity index (χ1) is 14.6. The minimum atomic E-state index is -0.0813. The third-order valence-electron chi connectivity index (χ3n) is 4.79. The summed E-state index contributed by atoms with van der Waals surface area (Å²) in [5.41, 5.74) is 3.08. The van der Waals surface area contributed by atoms with Crippen LogP contribution >= 0.6 is 22.7 Å². The molecule has 0 aliphatic rings. The molecule has 8 nitrogen and oxygen atoms in total. The molecule has 0 aliphatic heterocycles. The Kier molecular flexibility index (Phi) is 6.34. The summed E-state index contributed by atoms with van der Waals surface area (Å²) in [5.74, 6) is -0.0813. The average Bonchev–Trinajstić information content (AvgIpc) is 3.45. The lowest BCUT2D eigenvalue weighted by atomic mass is 10.1. The molecule has 0 fully saturated rings. The highest BCUT2D eigenvalue weighted by Crippen LogP contribution is 2.24. The maximum Gasteiger partial charge on any atom is 0.230 e. The van der Waals surface area contributed by atoms with Gasteiger partial charge in [0.2, 0.25) is 16.2 Å². The van der Waals surface area contributed by atoms with Crippen molar-refractivity contribution < 1.29 is 4.79 Å². The zero-order valence-corrected chi connectivity index (χ0v) is 18.5. The number of fused-ring (bicyclic) bond motifs is 1. The molecule has 30 heavy (non-hydrogen) atoms. The number of anilines is 2. The molecule has 1 amide bonds. The van der Waals surface area contributed by atoms with Crippen LogP contribution in [0.15, 0.2) is 24.3 Å². The molecule has 4 aromatic rings. The first kappa shape index (κ1) is 20.4. The van der Waals surface area contributed by atoms with Crippen LogP contribution in [0.5, 0.6) is 0 Å². The Labute approximate surface area is 182 Å². The first-order valence-electron chi connectivity index (χ1n) is 9.81. The molecule has 0 bridgehead atoms. The maximum absolute atomic E-state index is 12.5. The van der Waals surface area contributed by atoms with Crippen LogP contribution in [0.3, 0.4) is 0 Å². The summed E-state index contributed by atoms with van der Waals surface area (Å²) in [7, 11) is 1.85. The number of rotatable bonds is 9. The average molecular weight is 442 g/mol. The van der Waals surface area contributed by atoms with Crippen LogP contribution < -0.4 is 10.6 Å². The fourth-order valence-electron chi connectivity index (χ4n) is 3.30. The molecule has 1 aromatic carbocycles. The highest BCUT2D eigenvalue weighted by atomic mass is 32.1. The van der Waals surface area contributed by atoms with Gasteiger partial charge < -0.3 is 15.6 Å². The minimum Gasteiger partial charge on any atom is -0.363 e. The molecule has 0 saturated carbocycles. The number of benzene rings is 1. The van der Waals surface area contributed by atoms with Crippen LogP contribution in [-0.4, -0.2) is 38.3 Å². The maximum atomic E-state index is 12.5. The van der Waals surface area contributed by atoms with Crippen molar-refractivity contribution in [1.29, 1.82) is 0 Å². The van der Waals surface area contributed by atoms with Crippen LogP contribution in [0.4, 0.5) is 10.3 Å².